The van der Waals surface area contributed by atoms with Crippen molar-refractivity contribution in [3.8, 4) is 5.75 Å². The van der Waals surface area contributed by atoms with E-state index in [1.807, 2.05) is 13.8 Å². The second-order valence-electron chi connectivity index (χ2n) is 3.77. The van der Waals surface area contributed by atoms with Crippen LogP contribution in [0.2, 0.25) is 0 Å². The first-order valence-corrected chi connectivity index (χ1v) is 6.26. The molecule has 19 heavy (non-hydrogen) atoms. The zero-order valence-corrected chi connectivity index (χ0v) is 11.9. The predicted octanol–water partition coefficient (Wildman–Crippen LogP) is 0.807. The number of amides is 1. The number of ether oxygens (including phenoxy) is 1. The minimum Gasteiger partial charge on any atom is -0.490 e. The molecule has 0 saturated carbocycles. The van der Waals surface area contributed by atoms with Gasteiger partial charge < -0.3 is 20.3 Å². The fourth-order valence-electron chi connectivity index (χ4n) is 1.72. The van der Waals surface area contributed by atoms with Crippen molar-refractivity contribution in [2.75, 3.05) is 44.4 Å². The van der Waals surface area contributed by atoms with Gasteiger partial charge in [-0.1, -0.05) is 0 Å². The maximum absolute atomic E-state index is 11.9. The van der Waals surface area contributed by atoms with Crippen LogP contribution < -0.4 is 15.4 Å². The largest absolute Gasteiger partial charge is 0.490 e. The van der Waals surface area contributed by atoms with Crippen LogP contribution in [0.1, 0.15) is 13.8 Å². The van der Waals surface area contributed by atoms with Crippen LogP contribution >= 0.6 is 0 Å². The summed E-state index contributed by atoms with van der Waals surface area (Å²) in [6.07, 6.45) is 1.42. The minimum atomic E-state index is 0.0247. The molecule has 0 atom stereocenters. The predicted molar refractivity (Wildman–Crippen MR) is 74.5 cm³/mol. The summed E-state index contributed by atoms with van der Waals surface area (Å²) in [6, 6.07) is 0. The van der Waals surface area contributed by atoms with Gasteiger partial charge in [0.1, 0.15) is 6.33 Å². The maximum Gasteiger partial charge on any atom is 0.241 e. The highest BCUT2D eigenvalue weighted by Crippen LogP contribution is 2.28. The van der Waals surface area contributed by atoms with Crippen LogP contribution in [0.3, 0.4) is 0 Å². The third-order valence-corrected chi connectivity index (χ3v) is 2.77. The van der Waals surface area contributed by atoms with Gasteiger partial charge in [0, 0.05) is 20.1 Å². The molecule has 1 heterocycles. The van der Waals surface area contributed by atoms with Crippen LogP contribution in [0.25, 0.3) is 0 Å². The molecule has 0 spiro atoms. The highest BCUT2D eigenvalue weighted by Gasteiger charge is 2.14. The third-order valence-electron chi connectivity index (χ3n) is 2.77. The summed E-state index contributed by atoms with van der Waals surface area (Å²) in [4.78, 5) is 21.8. The molecule has 0 unspecified atom stereocenters. The van der Waals surface area contributed by atoms with Gasteiger partial charge in [0.05, 0.1) is 13.7 Å². The smallest absolute Gasteiger partial charge is 0.241 e. The zero-order valence-electron chi connectivity index (χ0n) is 11.9. The lowest BCUT2D eigenvalue weighted by Crippen LogP contribution is -2.35. The van der Waals surface area contributed by atoms with E-state index in [4.69, 9.17) is 4.74 Å². The summed E-state index contributed by atoms with van der Waals surface area (Å²) in [7, 11) is 3.28. The molecule has 1 rings (SSSR count). The normalized spacial score (nSPS) is 9.89. The Bertz CT molecular complexity index is 421. The number of hydrogen-bond acceptors (Lipinski definition) is 6. The fraction of sp³-hybridized carbons (Fsp3) is 0.583. The van der Waals surface area contributed by atoms with Crippen LogP contribution in [0.5, 0.6) is 5.75 Å². The lowest BCUT2D eigenvalue weighted by molar-refractivity contribution is -0.128. The van der Waals surface area contributed by atoms with Crippen molar-refractivity contribution in [1.82, 2.24) is 14.9 Å². The monoisotopic (exact) mass is 267 g/mol. The molecule has 106 valence electrons. The molecule has 1 aromatic heterocycles. The molecule has 2 N–H and O–H groups in total. The standard InChI is InChI=1S/C12H21N5O2/c1-5-17(6-2)9(18)7-14-12-10(19-4)11(13-3)15-8-16-12/h8H,5-7H2,1-4H3,(H2,13,14,15,16). The molecule has 0 aromatic carbocycles. The minimum absolute atomic E-state index is 0.0247. The Morgan fingerprint density at radius 3 is 2.47 bits per heavy atom. The van der Waals surface area contributed by atoms with Crippen LogP contribution in [-0.4, -0.2) is 54.6 Å². The molecule has 0 saturated heterocycles. The molecule has 1 amide bonds. The lowest BCUT2D eigenvalue weighted by atomic mass is 10.4. The Hall–Kier alpha value is -2.05. The van der Waals surface area contributed by atoms with Gasteiger partial charge in [-0.15, -0.1) is 0 Å². The number of nitrogens with one attached hydrogen (secondary N) is 2. The second kappa shape index (κ2) is 7.40. The van der Waals surface area contributed by atoms with E-state index in [2.05, 4.69) is 20.6 Å². The third kappa shape index (κ3) is 3.70. The summed E-state index contributed by atoms with van der Waals surface area (Å²) >= 11 is 0. The van der Waals surface area contributed by atoms with Gasteiger partial charge in [-0.3, -0.25) is 4.79 Å². The lowest BCUT2D eigenvalue weighted by Gasteiger charge is -2.19. The van der Waals surface area contributed by atoms with Crippen molar-refractivity contribution >= 4 is 17.5 Å². The van der Waals surface area contributed by atoms with Gasteiger partial charge in [0.2, 0.25) is 11.7 Å². The topological polar surface area (TPSA) is 79.4 Å². The summed E-state index contributed by atoms with van der Waals surface area (Å²) in [6.45, 7) is 5.47. The van der Waals surface area contributed by atoms with Crippen LogP contribution in [0, 0.1) is 0 Å². The zero-order chi connectivity index (χ0) is 14.3. The Kier molecular flexibility index (Phi) is 5.84. The van der Waals surface area contributed by atoms with E-state index in [9.17, 15) is 4.79 Å². The van der Waals surface area contributed by atoms with Crippen LogP contribution in [-0.2, 0) is 4.79 Å². The average molecular weight is 267 g/mol. The number of anilines is 2. The van der Waals surface area contributed by atoms with Gasteiger partial charge in [-0.2, -0.15) is 0 Å². The fourth-order valence-corrected chi connectivity index (χ4v) is 1.72. The SMILES string of the molecule is CCN(CC)C(=O)CNc1ncnc(NC)c1OC. The quantitative estimate of drug-likeness (QED) is 0.761. The first kappa shape index (κ1) is 15.0. The Labute approximate surface area is 113 Å². The number of rotatable bonds is 7. The Balaban J connectivity index is 2.75. The van der Waals surface area contributed by atoms with Crippen molar-refractivity contribution in [1.29, 1.82) is 0 Å². The van der Waals surface area contributed by atoms with Crippen molar-refractivity contribution in [3.63, 3.8) is 0 Å². The van der Waals surface area contributed by atoms with E-state index >= 15 is 0 Å². The van der Waals surface area contributed by atoms with Gasteiger partial charge in [-0.05, 0) is 13.8 Å². The first-order valence-electron chi connectivity index (χ1n) is 6.26. The van der Waals surface area contributed by atoms with E-state index in [-0.39, 0.29) is 12.5 Å². The molecule has 0 aliphatic heterocycles. The highest BCUT2D eigenvalue weighted by atomic mass is 16.5. The highest BCUT2D eigenvalue weighted by molar-refractivity contribution is 5.81. The number of hydrogen-bond donors (Lipinski definition) is 2. The first-order chi connectivity index (χ1) is 9.17. The van der Waals surface area contributed by atoms with E-state index in [1.165, 1.54) is 13.4 Å². The summed E-state index contributed by atoms with van der Waals surface area (Å²) in [5, 5.41) is 5.89. The van der Waals surface area contributed by atoms with Crippen molar-refractivity contribution in [3.05, 3.63) is 6.33 Å². The van der Waals surface area contributed by atoms with E-state index in [1.54, 1.807) is 11.9 Å². The Morgan fingerprint density at radius 2 is 1.95 bits per heavy atom. The van der Waals surface area contributed by atoms with Gasteiger partial charge >= 0.3 is 0 Å². The molecule has 0 radical (unpaired) electrons. The molecule has 7 heteroatoms. The van der Waals surface area contributed by atoms with Gasteiger partial charge in [-0.25, -0.2) is 9.97 Å². The van der Waals surface area contributed by atoms with Crippen LogP contribution in [0.15, 0.2) is 6.33 Å². The molecule has 0 aliphatic carbocycles. The number of likely N-dealkylation sites (N-methyl/N-ethyl adjacent to an activating group) is 1. The van der Waals surface area contributed by atoms with Gasteiger partial charge in [0.15, 0.2) is 11.6 Å². The molecule has 0 bridgehead atoms. The number of methoxy groups -OCH3 is 1. The molecule has 0 aliphatic rings. The van der Waals surface area contributed by atoms with Crippen LogP contribution in [0.4, 0.5) is 11.6 Å². The average Bonchev–Trinajstić information content (AvgIpc) is 2.45. The van der Waals surface area contributed by atoms with Crippen molar-refractivity contribution in [2.45, 2.75) is 13.8 Å². The molecule has 0 fully saturated rings. The number of carbonyl (C=O) groups excluding carboxylic acids is 1. The second-order valence-corrected chi connectivity index (χ2v) is 3.77. The molecular formula is C12H21N5O2. The molecular weight excluding hydrogens is 246 g/mol. The van der Waals surface area contributed by atoms with Crippen molar-refractivity contribution in [2.24, 2.45) is 0 Å². The summed E-state index contributed by atoms with van der Waals surface area (Å²) < 4.78 is 5.24. The summed E-state index contributed by atoms with van der Waals surface area (Å²) in [5.74, 6) is 1.60. The van der Waals surface area contributed by atoms with Gasteiger partial charge in [0.25, 0.3) is 0 Å². The number of carbonyl (C=O) groups is 1. The molecule has 1 aromatic rings. The molecule has 7 nitrogen and oxygen atoms in total. The van der Waals surface area contributed by atoms with E-state index < -0.39 is 0 Å². The Morgan fingerprint density at radius 1 is 1.32 bits per heavy atom. The van der Waals surface area contributed by atoms with Crippen molar-refractivity contribution < 1.29 is 9.53 Å². The maximum atomic E-state index is 11.9. The summed E-state index contributed by atoms with van der Waals surface area (Å²) in [5.41, 5.74) is 0. The van der Waals surface area contributed by atoms with E-state index in [0.29, 0.717) is 30.5 Å². The van der Waals surface area contributed by atoms with E-state index in [0.717, 1.165) is 0 Å². The number of aromatic nitrogens is 2. The number of nitrogens with zero attached hydrogens (tertiary/aromatic N) is 3.